The number of hydrogen-bond donors (Lipinski definition) is 2. The average molecular weight is 271 g/mol. The van der Waals surface area contributed by atoms with Gasteiger partial charge in [0.05, 0.1) is 0 Å². The zero-order chi connectivity index (χ0) is 14.3. The van der Waals surface area contributed by atoms with Crippen molar-refractivity contribution in [3.63, 3.8) is 0 Å². The summed E-state index contributed by atoms with van der Waals surface area (Å²) in [5.41, 5.74) is 3.54. The van der Waals surface area contributed by atoms with Crippen LogP contribution in [0, 0.1) is 13.8 Å². The zero-order valence-electron chi connectivity index (χ0n) is 12.2. The average Bonchev–Trinajstić information content (AvgIpc) is 2.94. The Balaban J connectivity index is 1.81. The SMILES string of the molecule is Cc1cc(C(C)NC2CCc3c(O)cccc32)c(C)o1. The maximum absolute atomic E-state index is 9.90. The lowest BCUT2D eigenvalue weighted by atomic mass is 10.0. The summed E-state index contributed by atoms with van der Waals surface area (Å²) in [6.07, 6.45) is 1.98. The van der Waals surface area contributed by atoms with Gasteiger partial charge >= 0.3 is 0 Å². The van der Waals surface area contributed by atoms with Gasteiger partial charge in [-0.05, 0) is 56.9 Å². The Bertz CT molecular complexity index is 630. The molecule has 0 aliphatic heterocycles. The summed E-state index contributed by atoms with van der Waals surface area (Å²) in [6.45, 7) is 6.15. The molecule has 106 valence electrons. The first kappa shape index (κ1) is 13.3. The molecule has 3 rings (SSSR count). The lowest BCUT2D eigenvalue weighted by molar-refractivity contribution is 0.450. The van der Waals surface area contributed by atoms with Crippen LogP contribution in [0.5, 0.6) is 5.75 Å². The molecule has 1 aliphatic rings. The standard InChI is InChI=1S/C17H21NO2/c1-10-9-15(12(3)20-10)11(2)18-16-8-7-14-13(16)5-4-6-17(14)19/h4-6,9,11,16,18-19H,7-8H2,1-3H3. The first-order chi connectivity index (χ1) is 9.56. The Kier molecular flexibility index (Phi) is 3.30. The number of phenolic OH excluding ortho intramolecular Hbond substituents is 1. The van der Waals surface area contributed by atoms with E-state index in [4.69, 9.17) is 4.42 Å². The fourth-order valence-corrected chi connectivity index (χ4v) is 3.28. The van der Waals surface area contributed by atoms with Gasteiger partial charge in [-0.1, -0.05) is 12.1 Å². The molecule has 1 aromatic carbocycles. The van der Waals surface area contributed by atoms with Gasteiger partial charge in [0.15, 0.2) is 0 Å². The van der Waals surface area contributed by atoms with Crippen molar-refractivity contribution in [1.82, 2.24) is 5.32 Å². The first-order valence-corrected chi connectivity index (χ1v) is 7.20. The van der Waals surface area contributed by atoms with Gasteiger partial charge in [0.1, 0.15) is 17.3 Å². The van der Waals surface area contributed by atoms with Crippen molar-refractivity contribution in [2.24, 2.45) is 0 Å². The molecule has 2 atom stereocenters. The van der Waals surface area contributed by atoms with Gasteiger partial charge in [-0.15, -0.1) is 0 Å². The summed E-state index contributed by atoms with van der Waals surface area (Å²) in [5.74, 6) is 2.36. The lowest BCUT2D eigenvalue weighted by Crippen LogP contribution is -2.23. The minimum atomic E-state index is 0.241. The third kappa shape index (κ3) is 2.22. The van der Waals surface area contributed by atoms with Crippen molar-refractivity contribution in [2.75, 3.05) is 0 Å². The normalized spacial score (nSPS) is 19.1. The lowest BCUT2D eigenvalue weighted by Gasteiger charge is -2.20. The van der Waals surface area contributed by atoms with Crippen molar-refractivity contribution in [3.8, 4) is 5.75 Å². The Labute approximate surface area is 119 Å². The summed E-state index contributed by atoms with van der Waals surface area (Å²) in [4.78, 5) is 0. The summed E-state index contributed by atoms with van der Waals surface area (Å²) >= 11 is 0. The predicted molar refractivity (Wildman–Crippen MR) is 78.9 cm³/mol. The van der Waals surface area contributed by atoms with E-state index in [2.05, 4.69) is 24.4 Å². The highest BCUT2D eigenvalue weighted by Gasteiger charge is 2.26. The van der Waals surface area contributed by atoms with Gasteiger partial charge < -0.3 is 14.8 Å². The van der Waals surface area contributed by atoms with Crippen LogP contribution >= 0.6 is 0 Å². The van der Waals surface area contributed by atoms with Crippen LogP contribution < -0.4 is 5.32 Å². The minimum Gasteiger partial charge on any atom is -0.508 e. The van der Waals surface area contributed by atoms with E-state index >= 15 is 0 Å². The van der Waals surface area contributed by atoms with E-state index in [0.717, 1.165) is 29.9 Å². The topological polar surface area (TPSA) is 45.4 Å². The molecule has 0 spiro atoms. The third-order valence-electron chi connectivity index (χ3n) is 4.24. The van der Waals surface area contributed by atoms with E-state index in [9.17, 15) is 5.11 Å². The third-order valence-corrected chi connectivity index (χ3v) is 4.24. The summed E-state index contributed by atoms with van der Waals surface area (Å²) in [6, 6.07) is 8.46. The number of aromatic hydroxyl groups is 1. The maximum atomic E-state index is 9.90. The number of furan rings is 1. The van der Waals surface area contributed by atoms with Crippen molar-refractivity contribution in [2.45, 2.75) is 45.7 Å². The van der Waals surface area contributed by atoms with Crippen LogP contribution in [-0.4, -0.2) is 5.11 Å². The molecule has 0 radical (unpaired) electrons. The highest BCUT2D eigenvalue weighted by Crippen LogP contribution is 2.37. The second kappa shape index (κ2) is 4.98. The van der Waals surface area contributed by atoms with Gasteiger partial charge in [-0.3, -0.25) is 0 Å². The Morgan fingerprint density at radius 2 is 2.15 bits per heavy atom. The van der Waals surface area contributed by atoms with E-state index in [1.165, 1.54) is 11.1 Å². The Hall–Kier alpha value is -1.74. The smallest absolute Gasteiger partial charge is 0.119 e. The molecule has 2 aromatic rings. The molecule has 1 aromatic heterocycles. The Morgan fingerprint density at radius 1 is 1.35 bits per heavy atom. The van der Waals surface area contributed by atoms with E-state index in [0.29, 0.717) is 11.8 Å². The van der Waals surface area contributed by atoms with Gasteiger partial charge in [0.25, 0.3) is 0 Å². The number of fused-ring (bicyclic) bond motifs is 1. The fourth-order valence-electron chi connectivity index (χ4n) is 3.28. The molecule has 1 heterocycles. The van der Waals surface area contributed by atoms with Crippen LogP contribution in [0.15, 0.2) is 28.7 Å². The summed E-state index contributed by atoms with van der Waals surface area (Å²) in [5, 5.41) is 13.6. The second-order valence-corrected chi connectivity index (χ2v) is 5.69. The van der Waals surface area contributed by atoms with E-state index < -0.39 is 0 Å². The molecule has 2 unspecified atom stereocenters. The highest BCUT2D eigenvalue weighted by atomic mass is 16.3. The monoisotopic (exact) mass is 271 g/mol. The van der Waals surface area contributed by atoms with Crippen LogP contribution in [-0.2, 0) is 6.42 Å². The Morgan fingerprint density at radius 3 is 2.85 bits per heavy atom. The largest absolute Gasteiger partial charge is 0.508 e. The van der Waals surface area contributed by atoms with Crippen LogP contribution in [0.25, 0.3) is 0 Å². The molecule has 3 heteroatoms. The van der Waals surface area contributed by atoms with Gasteiger partial charge in [0.2, 0.25) is 0 Å². The maximum Gasteiger partial charge on any atom is 0.119 e. The van der Waals surface area contributed by atoms with E-state index in [1.54, 1.807) is 6.07 Å². The van der Waals surface area contributed by atoms with Gasteiger partial charge in [-0.25, -0.2) is 0 Å². The van der Waals surface area contributed by atoms with Crippen molar-refractivity contribution in [3.05, 3.63) is 52.5 Å². The number of phenols is 1. The molecular weight excluding hydrogens is 250 g/mol. The number of benzene rings is 1. The number of aryl methyl sites for hydroxylation is 2. The quantitative estimate of drug-likeness (QED) is 0.888. The molecule has 0 saturated carbocycles. The molecule has 1 aliphatic carbocycles. The summed E-state index contributed by atoms with van der Waals surface area (Å²) in [7, 11) is 0. The van der Waals surface area contributed by atoms with Crippen LogP contribution in [0.2, 0.25) is 0 Å². The fraction of sp³-hybridized carbons (Fsp3) is 0.412. The van der Waals surface area contributed by atoms with Crippen molar-refractivity contribution >= 4 is 0 Å². The van der Waals surface area contributed by atoms with Crippen molar-refractivity contribution in [1.29, 1.82) is 0 Å². The number of nitrogens with one attached hydrogen (secondary N) is 1. The summed E-state index contributed by atoms with van der Waals surface area (Å²) < 4.78 is 5.61. The first-order valence-electron chi connectivity index (χ1n) is 7.20. The molecule has 3 nitrogen and oxygen atoms in total. The molecule has 0 saturated heterocycles. The molecule has 0 amide bonds. The molecular formula is C17H21NO2. The van der Waals surface area contributed by atoms with Gasteiger partial charge in [-0.2, -0.15) is 0 Å². The van der Waals surface area contributed by atoms with Crippen LogP contribution in [0.4, 0.5) is 0 Å². The minimum absolute atomic E-state index is 0.241. The molecule has 2 N–H and O–H groups in total. The predicted octanol–water partition coefficient (Wildman–Crippen LogP) is 3.94. The molecule has 20 heavy (non-hydrogen) atoms. The van der Waals surface area contributed by atoms with Gasteiger partial charge in [0, 0.05) is 17.6 Å². The molecule has 0 fully saturated rings. The zero-order valence-corrected chi connectivity index (χ0v) is 12.2. The number of rotatable bonds is 3. The highest BCUT2D eigenvalue weighted by molar-refractivity contribution is 5.44. The van der Waals surface area contributed by atoms with Crippen LogP contribution in [0.3, 0.4) is 0 Å². The second-order valence-electron chi connectivity index (χ2n) is 5.69. The number of hydrogen-bond acceptors (Lipinski definition) is 3. The van der Waals surface area contributed by atoms with E-state index in [1.807, 2.05) is 19.9 Å². The van der Waals surface area contributed by atoms with E-state index in [-0.39, 0.29) is 6.04 Å². The van der Waals surface area contributed by atoms with Crippen molar-refractivity contribution < 1.29 is 9.52 Å². The van der Waals surface area contributed by atoms with Crippen LogP contribution in [0.1, 0.15) is 53.6 Å². The molecule has 0 bridgehead atoms.